The van der Waals surface area contributed by atoms with Gasteiger partial charge in [0.05, 0.1) is 6.10 Å². The molecule has 1 aromatic rings. The van der Waals surface area contributed by atoms with E-state index in [1.165, 1.54) is 6.42 Å². The molecule has 1 aliphatic heterocycles. The maximum Gasteiger partial charge on any atom is 0.227 e. The first-order valence-corrected chi connectivity index (χ1v) is 7.46. The van der Waals surface area contributed by atoms with E-state index in [4.69, 9.17) is 9.47 Å². The van der Waals surface area contributed by atoms with Crippen molar-refractivity contribution in [2.24, 2.45) is 5.92 Å². The van der Waals surface area contributed by atoms with E-state index in [1.807, 2.05) is 24.3 Å². The van der Waals surface area contributed by atoms with Gasteiger partial charge in [-0.15, -0.1) is 0 Å². The highest BCUT2D eigenvalue weighted by molar-refractivity contribution is 5.93. The van der Waals surface area contributed by atoms with E-state index in [-0.39, 0.29) is 17.9 Å². The Hall–Kier alpha value is -1.55. The summed E-state index contributed by atoms with van der Waals surface area (Å²) >= 11 is 0. The van der Waals surface area contributed by atoms with Gasteiger partial charge in [0.1, 0.15) is 12.4 Å². The number of benzene rings is 1. The van der Waals surface area contributed by atoms with E-state index in [9.17, 15) is 4.79 Å². The zero-order chi connectivity index (χ0) is 13.8. The van der Waals surface area contributed by atoms with Crippen molar-refractivity contribution in [2.45, 2.75) is 38.2 Å². The third-order valence-corrected chi connectivity index (χ3v) is 4.04. The minimum atomic E-state index is 0.132. The molecule has 4 nitrogen and oxygen atoms in total. The van der Waals surface area contributed by atoms with Gasteiger partial charge >= 0.3 is 0 Å². The van der Waals surface area contributed by atoms with E-state index in [2.05, 4.69) is 5.32 Å². The number of anilines is 1. The molecule has 1 unspecified atom stereocenters. The molecule has 0 bridgehead atoms. The summed E-state index contributed by atoms with van der Waals surface area (Å²) in [6, 6.07) is 7.59. The molecule has 3 rings (SSSR count). The number of amides is 1. The first-order valence-electron chi connectivity index (χ1n) is 7.46. The predicted octanol–water partition coefficient (Wildman–Crippen LogP) is 2.98. The molecule has 2 aliphatic rings. The van der Waals surface area contributed by atoms with Crippen LogP contribution in [0.5, 0.6) is 5.75 Å². The Morgan fingerprint density at radius 3 is 2.90 bits per heavy atom. The van der Waals surface area contributed by atoms with E-state index in [0.717, 1.165) is 43.7 Å². The summed E-state index contributed by atoms with van der Waals surface area (Å²) in [6.07, 6.45) is 5.59. The van der Waals surface area contributed by atoms with Crippen LogP contribution < -0.4 is 10.1 Å². The maximum absolute atomic E-state index is 11.9. The van der Waals surface area contributed by atoms with Crippen LogP contribution in [0, 0.1) is 5.92 Å². The zero-order valence-corrected chi connectivity index (χ0v) is 11.6. The molecular weight excluding hydrogens is 254 g/mol. The summed E-state index contributed by atoms with van der Waals surface area (Å²) in [5, 5.41) is 2.96. The van der Waals surface area contributed by atoms with Crippen molar-refractivity contribution in [1.82, 2.24) is 0 Å². The highest BCUT2D eigenvalue weighted by Crippen LogP contribution is 2.28. The van der Waals surface area contributed by atoms with Crippen LogP contribution in [0.2, 0.25) is 0 Å². The molecule has 0 aromatic heterocycles. The van der Waals surface area contributed by atoms with Crippen LogP contribution in [-0.2, 0) is 9.53 Å². The zero-order valence-electron chi connectivity index (χ0n) is 11.6. The molecule has 4 heteroatoms. The molecule has 1 saturated heterocycles. The van der Waals surface area contributed by atoms with Crippen molar-refractivity contribution in [3.8, 4) is 5.75 Å². The number of nitrogens with one attached hydrogen (secondary N) is 1. The Morgan fingerprint density at radius 2 is 2.20 bits per heavy atom. The van der Waals surface area contributed by atoms with E-state index < -0.39 is 0 Å². The first-order chi connectivity index (χ1) is 9.81. The van der Waals surface area contributed by atoms with Gasteiger partial charge in [-0.25, -0.2) is 0 Å². The Labute approximate surface area is 119 Å². The van der Waals surface area contributed by atoms with Crippen molar-refractivity contribution >= 4 is 11.6 Å². The molecule has 1 aromatic carbocycles. The normalized spacial score (nSPS) is 22.3. The molecule has 0 radical (unpaired) electrons. The minimum absolute atomic E-state index is 0.132. The lowest BCUT2D eigenvalue weighted by Crippen LogP contribution is -2.28. The van der Waals surface area contributed by atoms with Crippen molar-refractivity contribution in [3.63, 3.8) is 0 Å². The van der Waals surface area contributed by atoms with Gasteiger partial charge < -0.3 is 14.8 Å². The smallest absolute Gasteiger partial charge is 0.227 e. The lowest BCUT2D eigenvalue weighted by molar-refractivity contribution is -0.122. The van der Waals surface area contributed by atoms with Crippen LogP contribution in [0.25, 0.3) is 0 Å². The molecular formula is C16H21NO3. The fourth-order valence-electron chi connectivity index (χ4n) is 2.54. The van der Waals surface area contributed by atoms with Crippen LogP contribution in [0.3, 0.4) is 0 Å². The molecule has 1 heterocycles. The van der Waals surface area contributed by atoms with Crippen LogP contribution in [0.4, 0.5) is 5.69 Å². The summed E-state index contributed by atoms with van der Waals surface area (Å²) in [4.78, 5) is 11.9. The number of ether oxygens (including phenoxy) is 2. The summed E-state index contributed by atoms with van der Waals surface area (Å²) < 4.78 is 11.3. The average Bonchev–Trinajstić information content (AvgIpc) is 2.87. The van der Waals surface area contributed by atoms with Crippen LogP contribution in [-0.4, -0.2) is 25.2 Å². The Bertz CT molecular complexity index is 465. The fraction of sp³-hybridized carbons (Fsp3) is 0.562. The maximum atomic E-state index is 11.9. The third-order valence-electron chi connectivity index (χ3n) is 4.04. The van der Waals surface area contributed by atoms with Crippen LogP contribution in [0.1, 0.15) is 32.1 Å². The lowest BCUT2D eigenvalue weighted by Gasteiger charge is -2.24. The van der Waals surface area contributed by atoms with Gasteiger partial charge in [0.2, 0.25) is 5.91 Å². The standard InChI is InChI=1S/C16H21NO3/c18-16(12-4-1-5-12)17-13-6-2-7-14(10-13)20-11-15-8-3-9-19-15/h2,6-7,10,12,15H,1,3-5,8-9,11H2,(H,17,18). The largest absolute Gasteiger partial charge is 0.491 e. The highest BCUT2D eigenvalue weighted by Gasteiger charge is 2.25. The average molecular weight is 275 g/mol. The van der Waals surface area contributed by atoms with Gasteiger partial charge in [0.25, 0.3) is 0 Å². The number of hydrogen-bond acceptors (Lipinski definition) is 3. The molecule has 2 fully saturated rings. The Kier molecular flexibility index (Phi) is 4.21. The van der Waals surface area contributed by atoms with E-state index >= 15 is 0 Å². The second-order valence-corrected chi connectivity index (χ2v) is 5.59. The number of carbonyl (C=O) groups excluding carboxylic acids is 1. The fourth-order valence-corrected chi connectivity index (χ4v) is 2.54. The van der Waals surface area contributed by atoms with Crippen molar-refractivity contribution < 1.29 is 14.3 Å². The molecule has 0 spiro atoms. The third kappa shape index (κ3) is 3.31. The molecule has 1 atom stereocenters. The molecule has 20 heavy (non-hydrogen) atoms. The van der Waals surface area contributed by atoms with Crippen molar-refractivity contribution in [3.05, 3.63) is 24.3 Å². The molecule has 108 valence electrons. The van der Waals surface area contributed by atoms with E-state index in [0.29, 0.717) is 6.61 Å². The summed E-state index contributed by atoms with van der Waals surface area (Å²) in [5.74, 6) is 1.12. The minimum Gasteiger partial charge on any atom is -0.491 e. The van der Waals surface area contributed by atoms with Crippen LogP contribution in [0.15, 0.2) is 24.3 Å². The Balaban J connectivity index is 1.53. The summed E-state index contributed by atoms with van der Waals surface area (Å²) in [7, 11) is 0. The van der Waals surface area contributed by atoms with Gasteiger partial charge in [-0.1, -0.05) is 12.5 Å². The quantitative estimate of drug-likeness (QED) is 0.898. The van der Waals surface area contributed by atoms with Gasteiger partial charge in [0.15, 0.2) is 0 Å². The van der Waals surface area contributed by atoms with Gasteiger partial charge in [-0.3, -0.25) is 4.79 Å². The number of hydrogen-bond donors (Lipinski definition) is 1. The van der Waals surface area contributed by atoms with Gasteiger partial charge in [0, 0.05) is 24.3 Å². The second-order valence-electron chi connectivity index (χ2n) is 5.59. The van der Waals surface area contributed by atoms with Crippen molar-refractivity contribution in [2.75, 3.05) is 18.5 Å². The van der Waals surface area contributed by atoms with Crippen molar-refractivity contribution in [1.29, 1.82) is 0 Å². The SMILES string of the molecule is O=C(Nc1cccc(OCC2CCCO2)c1)C1CCC1. The molecule has 1 aliphatic carbocycles. The molecule has 1 N–H and O–H groups in total. The number of rotatable bonds is 5. The monoisotopic (exact) mass is 275 g/mol. The van der Waals surface area contributed by atoms with Crippen LogP contribution >= 0.6 is 0 Å². The van der Waals surface area contributed by atoms with Gasteiger partial charge in [-0.2, -0.15) is 0 Å². The van der Waals surface area contributed by atoms with Gasteiger partial charge in [-0.05, 0) is 37.8 Å². The lowest BCUT2D eigenvalue weighted by atomic mass is 9.85. The molecule has 1 saturated carbocycles. The summed E-state index contributed by atoms with van der Waals surface area (Å²) in [5.41, 5.74) is 0.812. The molecule has 1 amide bonds. The highest BCUT2D eigenvalue weighted by atomic mass is 16.5. The predicted molar refractivity (Wildman–Crippen MR) is 76.9 cm³/mol. The summed E-state index contributed by atoms with van der Waals surface area (Å²) in [6.45, 7) is 1.42. The Morgan fingerprint density at radius 1 is 1.30 bits per heavy atom. The topological polar surface area (TPSA) is 47.6 Å². The second kappa shape index (κ2) is 6.27. The van der Waals surface area contributed by atoms with E-state index in [1.54, 1.807) is 0 Å². The first kappa shape index (κ1) is 13.4. The number of carbonyl (C=O) groups is 1.